The summed E-state index contributed by atoms with van der Waals surface area (Å²) in [7, 11) is 0. The van der Waals surface area contributed by atoms with Gasteiger partial charge in [-0.3, -0.25) is 9.59 Å². The minimum Gasteiger partial charge on any atom is -0.350 e. The Morgan fingerprint density at radius 1 is 1.00 bits per heavy atom. The normalized spacial score (nSPS) is 11.7. The fourth-order valence-electron chi connectivity index (χ4n) is 2.15. The SMILES string of the molecule is C[C@H](NC(=O)CCC(=O)c1ccc(Cl)cc1)c1ccccc1. The lowest BCUT2D eigenvalue weighted by Gasteiger charge is -2.14. The van der Waals surface area contributed by atoms with Crippen molar-refractivity contribution in [2.45, 2.75) is 25.8 Å². The molecule has 1 amide bonds. The number of hydrogen-bond donors (Lipinski definition) is 1. The van der Waals surface area contributed by atoms with E-state index in [1.807, 2.05) is 37.3 Å². The van der Waals surface area contributed by atoms with Gasteiger partial charge in [0.25, 0.3) is 0 Å². The number of rotatable bonds is 6. The second-order valence-electron chi connectivity index (χ2n) is 5.13. The molecule has 114 valence electrons. The van der Waals surface area contributed by atoms with Crippen LogP contribution in [0.2, 0.25) is 5.02 Å². The molecule has 1 atom stereocenters. The Balaban J connectivity index is 1.82. The first kappa shape index (κ1) is 16.2. The Hall–Kier alpha value is -2.13. The molecule has 2 rings (SSSR count). The molecule has 2 aromatic rings. The molecule has 0 fully saturated rings. The molecule has 2 aromatic carbocycles. The Bertz CT molecular complexity index is 638. The zero-order valence-corrected chi connectivity index (χ0v) is 13.1. The largest absolute Gasteiger partial charge is 0.350 e. The highest BCUT2D eigenvalue weighted by molar-refractivity contribution is 6.30. The summed E-state index contributed by atoms with van der Waals surface area (Å²) in [5.74, 6) is -0.183. The summed E-state index contributed by atoms with van der Waals surface area (Å²) in [6.07, 6.45) is 0.369. The molecule has 0 aromatic heterocycles. The van der Waals surface area contributed by atoms with Crippen LogP contribution in [0.4, 0.5) is 0 Å². The van der Waals surface area contributed by atoms with E-state index in [9.17, 15) is 9.59 Å². The third kappa shape index (κ3) is 4.71. The van der Waals surface area contributed by atoms with Gasteiger partial charge in [0.05, 0.1) is 6.04 Å². The predicted molar refractivity (Wildman–Crippen MR) is 88.0 cm³/mol. The van der Waals surface area contributed by atoms with Gasteiger partial charge in [-0.15, -0.1) is 0 Å². The van der Waals surface area contributed by atoms with Crippen molar-refractivity contribution in [1.29, 1.82) is 0 Å². The lowest BCUT2D eigenvalue weighted by atomic mass is 10.1. The average molecular weight is 316 g/mol. The Morgan fingerprint density at radius 3 is 2.27 bits per heavy atom. The van der Waals surface area contributed by atoms with Crippen molar-refractivity contribution in [3.63, 3.8) is 0 Å². The summed E-state index contributed by atoms with van der Waals surface area (Å²) in [4.78, 5) is 23.9. The summed E-state index contributed by atoms with van der Waals surface area (Å²) in [6, 6.07) is 16.4. The molecule has 0 radical (unpaired) electrons. The molecular formula is C18H18ClNO2. The highest BCUT2D eigenvalue weighted by Crippen LogP contribution is 2.13. The summed E-state index contributed by atoms with van der Waals surface area (Å²) >= 11 is 5.78. The van der Waals surface area contributed by atoms with E-state index in [1.165, 1.54) is 0 Å². The van der Waals surface area contributed by atoms with Gasteiger partial charge in [0, 0.05) is 23.4 Å². The average Bonchev–Trinajstić information content (AvgIpc) is 2.54. The first-order valence-electron chi connectivity index (χ1n) is 7.19. The Kier molecular flexibility index (Phi) is 5.73. The van der Waals surface area contributed by atoms with Crippen LogP contribution in [0.5, 0.6) is 0 Å². The Labute approximate surface area is 135 Å². The van der Waals surface area contributed by atoms with Gasteiger partial charge in [-0.05, 0) is 36.8 Å². The second kappa shape index (κ2) is 7.76. The number of amides is 1. The second-order valence-corrected chi connectivity index (χ2v) is 5.57. The summed E-state index contributed by atoms with van der Waals surface area (Å²) < 4.78 is 0. The first-order valence-corrected chi connectivity index (χ1v) is 7.57. The van der Waals surface area contributed by atoms with Crippen molar-refractivity contribution in [1.82, 2.24) is 5.32 Å². The molecule has 0 unspecified atom stereocenters. The van der Waals surface area contributed by atoms with E-state index in [4.69, 9.17) is 11.6 Å². The molecule has 0 saturated carbocycles. The van der Waals surface area contributed by atoms with Crippen LogP contribution in [0.15, 0.2) is 54.6 Å². The minimum atomic E-state index is -0.126. The molecule has 0 saturated heterocycles. The van der Waals surface area contributed by atoms with Gasteiger partial charge < -0.3 is 5.32 Å². The number of halogens is 1. The van der Waals surface area contributed by atoms with Crippen LogP contribution < -0.4 is 5.32 Å². The van der Waals surface area contributed by atoms with Crippen LogP contribution in [-0.4, -0.2) is 11.7 Å². The maximum atomic E-state index is 12.0. The highest BCUT2D eigenvalue weighted by atomic mass is 35.5. The molecule has 0 aliphatic carbocycles. The summed E-state index contributed by atoms with van der Waals surface area (Å²) in [5, 5.41) is 3.49. The van der Waals surface area contributed by atoms with Gasteiger partial charge >= 0.3 is 0 Å². The topological polar surface area (TPSA) is 46.2 Å². The van der Waals surface area contributed by atoms with Crippen LogP contribution >= 0.6 is 11.6 Å². The van der Waals surface area contributed by atoms with Gasteiger partial charge in [0.2, 0.25) is 5.91 Å². The third-order valence-electron chi connectivity index (χ3n) is 3.42. The lowest BCUT2D eigenvalue weighted by molar-refractivity contribution is -0.121. The molecule has 0 heterocycles. The van der Waals surface area contributed by atoms with Crippen LogP contribution in [0.1, 0.15) is 41.7 Å². The van der Waals surface area contributed by atoms with Crippen molar-refractivity contribution in [3.8, 4) is 0 Å². The van der Waals surface area contributed by atoms with Crippen molar-refractivity contribution < 1.29 is 9.59 Å². The van der Waals surface area contributed by atoms with Crippen LogP contribution in [0, 0.1) is 0 Å². The maximum Gasteiger partial charge on any atom is 0.220 e. The molecule has 0 bridgehead atoms. The molecule has 0 spiro atoms. The van der Waals surface area contributed by atoms with Crippen LogP contribution in [-0.2, 0) is 4.79 Å². The van der Waals surface area contributed by atoms with Crippen molar-refractivity contribution >= 4 is 23.3 Å². The number of benzene rings is 2. The van der Waals surface area contributed by atoms with Gasteiger partial charge in [-0.2, -0.15) is 0 Å². The number of carbonyl (C=O) groups is 2. The van der Waals surface area contributed by atoms with Crippen molar-refractivity contribution in [3.05, 3.63) is 70.7 Å². The lowest BCUT2D eigenvalue weighted by Crippen LogP contribution is -2.26. The fourth-order valence-corrected chi connectivity index (χ4v) is 2.27. The molecule has 3 nitrogen and oxygen atoms in total. The first-order chi connectivity index (χ1) is 10.6. The van der Waals surface area contributed by atoms with E-state index in [-0.39, 0.29) is 30.6 Å². The van der Waals surface area contributed by atoms with Crippen LogP contribution in [0.25, 0.3) is 0 Å². The van der Waals surface area contributed by atoms with E-state index < -0.39 is 0 Å². The van der Waals surface area contributed by atoms with Crippen LogP contribution in [0.3, 0.4) is 0 Å². The number of Topliss-reactive ketones (excluding diaryl/α,β-unsaturated/α-hetero) is 1. The number of carbonyl (C=O) groups excluding carboxylic acids is 2. The van der Waals surface area contributed by atoms with Crippen molar-refractivity contribution in [2.75, 3.05) is 0 Å². The standard InChI is InChI=1S/C18H18ClNO2/c1-13(14-5-3-2-4-6-14)20-18(22)12-11-17(21)15-7-9-16(19)10-8-15/h2-10,13H,11-12H2,1H3,(H,20,22)/t13-/m0/s1. The summed E-state index contributed by atoms with van der Waals surface area (Å²) in [5.41, 5.74) is 1.62. The third-order valence-corrected chi connectivity index (χ3v) is 3.67. The number of hydrogen-bond acceptors (Lipinski definition) is 2. The molecule has 1 N–H and O–H groups in total. The van der Waals surface area contributed by atoms with Gasteiger partial charge in [-0.25, -0.2) is 0 Å². The molecule has 0 aliphatic rings. The van der Waals surface area contributed by atoms with Crippen molar-refractivity contribution in [2.24, 2.45) is 0 Å². The quantitative estimate of drug-likeness (QED) is 0.813. The molecule has 4 heteroatoms. The number of ketones is 1. The zero-order chi connectivity index (χ0) is 15.9. The fraction of sp³-hybridized carbons (Fsp3) is 0.222. The van der Waals surface area contributed by atoms with E-state index in [1.54, 1.807) is 24.3 Å². The highest BCUT2D eigenvalue weighted by Gasteiger charge is 2.12. The zero-order valence-electron chi connectivity index (χ0n) is 12.4. The van der Waals surface area contributed by atoms with Gasteiger partial charge in [0.15, 0.2) is 5.78 Å². The van der Waals surface area contributed by atoms with Gasteiger partial charge in [-0.1, -0.05) is 41.9 Å². The molecule has 0 aliphatic heterocycles. The summed E-state index contributed by atoms with van der Waals surface area (Å²) in [6.45, 7) is 1.92. The Morgan fingerprint density at radius 2 is 1.64 bits per heavy atom. The maximum absolute atomic E-state index is 12.0. The van der Waals surface area contributed by atoms with E-state index >= 15 is 0 Å². The van der Waals surface area contributed by atoms with Gasteiger partial charge in [0.1, 0.15) is 0 Å². The molecular weight excluding hydrogens is 298 g/mol. The smallest absolute Gasteiger partial charge is 0.220 e. The van der Waals surface area contributed by atoms with E-state index in [0.29, 0.717) is 10.6 Å². The monoisotopic (exact) mass is 315 g/mol. The molecule has 22 heavy (non-hydrogen) atoms. The number of nitrogens with one attached hydrogen (secondary N) is 1. The predicted octanol–water partition coefficient (Wildman–Crippen LogP) is 4.18. The minimum absolute atomic E-state index is 0.0563. The van der Waals surface area contributed by atoms with E-state index in [0.717, 1.165) is 5.56 Å². The van der Waals surface area contributed by atoms with E-state index in [2.05, 4.69) is 5.32 Å².